The summed E-state index contributed by atoms with van der Waals surface area (Å²) in [5, 5.41) is 0. The average molecular weight is 186 g/mol. The molecule has 1 aromatic carbocycles. The van der Waals surface area contributed by atoms with Crippen LogP contribution in [0.15, 0.2) is 24.3 Å². The van der Waals surface area contributed by atoms with Crippen molar-refractivity contribution in [2.24, 2.45) is 5.73 Å². The molecular weight excluding hydrogens is 170 g/mol. The second kappa shape index (κ2) is 5.18. The largest absolute Gasteiger partial charge is 0.328 e. The molecule has 12 heavy (non-hydrogen) atoms. The van der Waals surface area contributed by atoms with E-state index in [4.69, 9.17) is 5.73 Å². The fourth-order valence-corrected chi connectivity index (χ4v) is 1.10. The molecule has 0 heterocycles. The van der Waals surface area contributed by atoms with E-state index in [2.05, 4.69) is 31.2 Å². The molecule has 0 aromatic heterocycles. The van der Waals surface area contributed by atoms with Gasteiger partial charge in [0.15, 0.2) is 0 Å². The second-order valence-electron chi connectivity index (χ2n) is 3.17. The molecule has 1 atom stereocenters. The number of benzene rings is 1. The van der Waals surface area contributed by atoms with Crippen LogP contribution < -0.4 is 5.73 Å². The first-order valence-electron chi connectivity index (χ1n) is 3.99. The van der Waals surface area contributed by atoms with Gasteiger partial charge in [0, 0.05) is 6.04 Å². The summed E-state index contributed by atoms with van der Waals surface area (Å²) in [6.07, 6.45) is 0.972. The zero-order valence-electron chi connectivity index (χ0n) is 7.58. The summed E-state index contributed by atoms with van der Waals surface area (Å²) in [5.41, 5.74) is 8.29. The molecule has 0 fully saturated rings. The molecule has 0 radical (unpaired) electrons. The van der Waals surface area contributed by atoms with Crippen molar-refractivity contribution < 1.29 is 0 Å². The smallest absolute Gasteiger partial charge is 0.00509 e. The lowest BCUT2D eigenvalue weighted by atomic mass is 10.1. The molecular formula is C10H16ClN. The van der Waals surface area contributed by atoms with Gasteiger partial charge in [0.25, 0.3) is 0 Å². The standard InChI is InChI=1S/C10H15N.ClH/c1-8-3-5-10(6-4-8)7-9(2)11;/h3-6,9H,7,11H2,1-2H3;1H/t9-;/m1./s1. The molecule has 0 saturated heterocycles. The Morgan fingerprint density at radius 1 is 1.25 bits per heavy atom. The first-order valence-corrected chi connectivity index (χ1v) is 3.99. The zero-order chi connectivity index (χ0) is 8.27. The van der Waals surface area contributed by atoms with Crippen molar-refractivity contribution in [3.05, 3.63) is 35.4 Å². The van der Waals surface area contributed by atoms with Gasteiger partial charge in [0.1, 0.15) is 0 Å². The Morgan fingerprint density at radius 2 is 1.75 bits per heavy atom. The van der Waals surface area contributed by atoms with Gasteiger partial charge in [0.2, 0.25) is 0 Å². The molecule has 0 unspecified atom stereocenters. The van der Waals surface area contributed by atoms with Gasteiger partial charge in [-0.15, -0.1) is 12.4 Å². The van der Waals surface area contributed by atoms with Crippen LogP contribution >= 0.6 is 12.4 Å². The highest BCUT2D eigenvalue weighted by molar-refractivity contribution is 5.85. The number of nitrogens with two attached hydrogens (primary N) is 1. The topological polar surface area (TPSA) is 26.0 Å². The van der Waals surface area contributed by atoms with E-state index in [1.165, 1.54) is 11.1 Å². The summed E-state index contributed by atoms with van der Waals surface area (Å²) in [6.45, 7) is 4.12. The molecule has 0 saturated carbocycles. The lowest BCUT2D eigenvalue weighted by Crippen LogP contribution is -2.17. The molecule has 1 aromatic rings. The van der Waals surface area contributed by atoms with Crippen LogP contribution in [-0.4, -0.2) is 6.04 Å². The van der Waals surface area contributed by atoms with Gasteiger partial charge in [-0.3, -0.25) is 0 Å². The Labute approximate surface area is 80.4 Å². The van der Waals surface area contributed by atoms with Crippen LogP contribution in [0, 0.1) is 6.92 Å². The van der Waals surface area contributed by atoms with Crippen LogP contribution in [0.3, 0.4) is 0 Å². The Hall–Kier alpha value is -0.530. The highest BCUT2D eigenvalue weighted by Gasteiger charge is 1.95. The number of aryl methyl sites for hydroxylation is 1. The van der Waals surface area contributed by atoms with E-state index in [9.17, 15) is 0 Å². The van der Waals surface area contributed by atoms with Crippen LogP contribution in [0.5, 0.6) is 0 Å². The molecule has 0 aliphatic heterocycles. The minimum atomic E-state index is 0. The van der Waals surface area contributed by atoms with Crippen molar-refractivity contribution in [2.75, 3.05) is 0 Å². The van der Waals surface area contributed by atoms with Crippen molar-refractivity contribution >= 4 is 12.4 Å². The number of hydrogen-bond donors (Lipinski definition) is 1. The Balaban J connectivity index is 0.00000121. The van der Waals surface area contributed by atoms with Crippen molar-refractivity contribution in [3.8, 4) is 0 Å². The van der Waals surface area contributed by atoms with E-state index in [0.29, 0.717) is 0 Å². The summed E-state index contributed by atoms with van der Waals surface area (Å²) in [5.74, 6) is 0. The van der Waals surface area contributed by atoms with Crippen LogP contribution in [0.4, 0.5) is 0 Å². The summed E-state index contributed by atoms with van der Waals surface area (Å²) in [6, 6.07) is 8.78. The molecule has 0 spiro atoms. The SMILES string of the molecule is Cc1ccc(C[C@@H](C)N)cc1.Cl. The van der Waals surface area contributed by atoms with Gasteiger partial charge < -0.3 is 5.73 Å². The summed E-state index contributed by atoms with van der Waals surface area (Å²) >= 11 is 0. The third-order valence-corrected chi connectivity index (χ3v) is 1.68. The van der Waals surface area contributed by atoms with Crippen molar-refractivity contribution in [3.63, 3.8) is 0 Å². The minimum absolute atomic E-state index is 0. The number of rotatable bonds is 2. The lowest BCUT2D eigenvalue weighted by Gasteiger charge is -2.04. The molecule has 2 N–H and O–H groups in total. The van der Waals surface area contributed by atoms with Crippen LogP contribution in [0.25, 0.3) is 0 Å². The predicted molar refractivity (Wildman–Crippen MR) is 55.8 cm³/mol. The highest BCUT2D eigenvalue weighted by Crippen LogP contribution is 2.04. The summed E-state index contributed by atoms with van der Waals surface area (Å²) in [4.78, 5) is 0. The van der Waals surface area contributed by atoms with E-state index < -0.39 is 0 Å². The highest BCUT2D eigenvalue weighted by atomic mass is 35.5. The summed E-state index contributed by atoms with van der Waals surface area (Å²) in [7, 11) is 0. The quantitative estimate of drug-likeness (QED) is 0.752. The third-order valence-electron chi connectivity index (χ3n) is 1.68. The van der Waals surface area contributed by atoms with Crippen LogP contribution in [-0.2, 0) is 6.42 Å². The van der Waals surface area contributed by atoms with Gasteiger partial charge in [0.05, 0.1) is 0 Å². The second-order valence-corrected chi connectivity index (χ2v) is 3.17. The Morgan fingerprint density at radius 3 is 2.17 bits per heavy atom. The minimum Gasteiger partial charge on any atom is -0.328 e. The molecule has 0 aliphatic carbocycles. The summed E-state index contributed by atoms with van der Waals surface area (Å²) < 4.78 is 0. The van der Waals surface area contributed by atoms with E-state index in [1.54, 1.807) is 0 Å². The van der Waals surface area contributed by atoms with E-state index in [-0.39, 0.29) is 18.4 Å². The zero-order valence-corrected chi connectivity index (χ0v) is 8.40. The predicted octanol–water partition coefficient (Wildman–Crippen LogP) is 2.31. The van der Waals surface area contributed by atoms with Gasteiger partial charge >= 0.3 is 0 Å². The fourth-order valence-electron chi connectivity index (χ4n) is 1.10. The van der Waals surface area contributed by atoms with Gasteiger partial charge in [-0.25, -0.2) is 0 Å². The molecule has 2 heteroatoms. The normalized spacial score (nSPS) is 11.9. The van der Waals surface area contributed by atoms with Crippen molar-refractivity contribution in [2.45, 2.75) is 26.3 Å². The van der Waals surface area contributed by atoms with E-state index in [1.807, 2.05) is 6.92 Å². The monoisotopic (exact) mass is 185 g/mol. The maximum atomic E-state index is 5.66. The van der Waals surface area contributed by atoms with Gasteiger partial charge in [-0.1, -0.05) is 29.8 Å². The van der Waals surface area contributed by atoms with Crippen molar-refractivity contribution in [1.82, 2.24) is 0 Å². The Bertz CT molecular complexity index is 216. The first kappa shape index (κ1) is 11.5. The first-order chi connectivity index (χ1) is 5.18. The van der Waals surface area contributed by atoms with Crippen LogP contribution in [0.1, 0.15) is 18.1 Å². The molecule has 0 aliphatic rings. The van der Waals surface area contributed by atoms with Crippen molar-refractivity contribution in [1.29, 1.82) is 0 Å². The number of halogens is 1. The maximum Gasteiger partial charge on any atom is 0.00509 e. The molecule has 0 bridgehead atoms. The molecule has 1 rings (SSSR count). The molecule has 1 nitrogen and oxygen atoms in total. The maximum absolute atomic E-state index is 5.66. The van der Waals surface area contributed by atoms with Crippen LogP contribution in [0.2, 0.25) is 0 Å². The molecule has 0 amide bonds. The third kappa shape index (κ3) is 3.74. The Kier molecular flexibility index (Phi) is 4.95. The van der Waals surface area contributed by atoms with Gasteiger partial charge in [-0.2, -0.15) is 0 Å². The molecule has 68 valence electrons. The lowest BCUT2D eigenvalue weighted by molar-refractivity contribution is 0.738. The van der Waals surface area contributed by atoms with Gasteiger partial charge in [-0.05, 0) is 25.8 Å². The van der Waals surface area contributed by atoms with E-state index >= 15 is 0 Å². The number of hydrogen-bond acceptors (Lipinski definition) is 1. The van der Waals surface area contributed by atoms with E-state index in [0.717, 1.165) is 6.42 Å². The fraction of sp³-hybridized carbons (Fsp3) is 0.400. The average Bonchev–Trinajstić information content (AvgIpc) is 1.93.